The molecule has 0 saturated carbocycles. The van der Waals surface area contributed by atoms with Crippen molar-refractivity contribution in [3.8, 4) is 11.5 Å². The lowest BCUT2D eigenvalue weighted by Crippen LogP contribution is -2.35. The maximum Gasteiger partial charge on any atom is 0.255 e. The summed E-state index contributed by atoms with van der Waals surface area (Å²) in [5, 5.41) is 3.22. The van der Waals surface area contributed by atoms with Crippen molar-refractivity contribution in [1.82, 2.24) is 9.88 Å². The van der Waals surface area contributed by atoms with Gasteiger partial charge in [-0.1, -0.05) is 24.3 Å². The molecule has 6 nitrogen and oxygen atoms in total. The molecule has 2 aliphatic rings. The molecule has 6 heteroatoms. The molecule has 28 heavy (non-hydrogen) atoms. The van der Waals surface area contributed by atoms with Gasteiger partial charge in [-0.05, 0) is 41.8 Å². The second-order valence-corrected chi connectivity index (χ2v) is 6.87. The average Bonchev–Trinajstić information content (AvgIpc) is 3.21. The highest BCUT2D eigenvalue weighted by Gasteiger charge is 2.21. The molecule has 0 bridgehead atoms. The van der Waals surface area contributed by atoms with E-state index in [4.69, 9.17) is 9.47 Å². The number of benzene rings is 2. The van der Waals surface area contributed by atoms with Gasteiger partial charge in [0.1, 0.15) is 5.82 Å². The summed E-state index contributed by atoms with van der Waals surface area (Å²) in [6.45, 7) is 1.62. The molecule has 1 aromatic heterocycles. The van der Waals surface area contributed by atoms with Gasteiger partial charge in [-0.2, -0.15) is 0 Å². The molecule has 2 aromatic carbocycles. The van der Waals surface area contributed by atoms with Crippen LogP contribution in [0, 0.1) is 0 Å². The third-order valence-corrected chi connectivity index (χ3v) is 5.07. The van der Waals surface area contributed by atoms with Crippen LogP contribution < -0.4 is 14.8 Å². The van der Waals surface area contributed by atoms with Crippen molar-refractivity contribution < 1.29 is 14.3 Å². The lowest BCUT2D eigenvalue weighted by Gasteiger charge is -2.28. The quantitative estimate of drug-likeness (QED) is 0.758. The Morgan fingerprint density at radius 3 is 2.71 bits per heavy atom. The maximum atomic E-state index is 12.8. The van der Waals surface area contributed by atoms with Crippen molar-refractivity contribution in [2.45, 2.75) is 13.0 Å². The summed E-state index contributed by atoms with van der Waals surface area (Å²) in [5.74, 6) is 2.13. The molecule has 0 unspecified atom stereocenters. The smallest absolute Gasteiger partial charge is 0.255 e. The van der Waals surface area contributed by atoms with E-state index in [9.17, 15) is 4.79 Å². The summed E-state index contributed by atoms with van der Waals surface area (Å²) in [5.41, 5.74) is 3.99. The highest BCUT2D eigenvalue weighted by Crippen LogP contribution is 2.34. The summed E-state index contributed by atoms with van der Waals surface area (Å²) in [7, 11) is 0. The molecule has 0 atom stereocenters. The number of aromatic nitrogens is 1. The summed E-state index contributed by atoms with van der Waals surface area (Å²) >= 11 is 0. The minimum Gasteiger partial charge on any atom is -0.454 e. The SMILES string of the molecule is O=C(c1ccc(Nc2ccc3c(c2)OCO3)nc1)N1CCc2ccccc2C1. The van der Waals surface area contributed by atoms with Crippen LogP contribution in [-0.2, 0) is 13.0 Å². The zero-order valence-electron chi connectivity index (χ0n) is 15.2. The van der Waals surface area contributed by atoms with E-state index in [-0.39, 0.29) is 12.7 Å². The monoisotopic (exact) mass is 373 g/mol. The molecule has 0 spiro atoms. The van der Waals surface area contributed by atoms with E-state index >= 15 is 0 Å². The van der Waals surface area contributed by atoms with Crippen LogP contribution in [-0.4, -0.2) is 29.1 Å². The van der Waals surface area contributed by atoms with Crippen LogP contribution in [0.15, 0.2) is 60.8 Å². The number of carbonyl (C=O) groups is 1. The highest BCUT2D eigenvalue weighted by atomic mass is 16.7. The van der Waals surface area contributed by atoms with E-state index in [1.807, 2.05) is 47.4 Å². The first-order valence-corrected chi connectivity index (χ1v) is 9.25. The molecular weight excluding hydrogens is 354 g/mol. The first-order chi connectivity index (χ1) is 13.8. The Kier molecular flexibility index (Phi) is 4.09. The van der Waals surface area contributed by atoms with E-state index in [0.29, 0.717) is 23.7 Å². The van der Waals surface area contributed by atoms with Gasteiger partial charge in [0.2, 0.25) is 6.79 Å². The molecule has 3 heterocycles. The van der Waals surface area contributed by atoms with Crippen LogP contribution in [0.4, 0.5) is 11.5 Å². The summed E-state index contributed by atoms with van der Waals surface area (Å²) < 4.78 is 10.7. The minimum absolute atomic E-state index is 0.0108. The standard InChI is InChI=1S/C22H19N3O3/c26-22(25-10-9-15-3-1-2-4-17(15)13-25)16-5-8-21(23-12-16)24-18-6-7-19-20(11-18)28-14-27-19/h1-8,11-12H,9-10,13-14H2,(H,23,24). The number of carbonyl (C=O) groups excluding carboxylic acids is 1. The third kappa shape index (κ3) is 3.13. The van der Waals surface area contributed by atoms with Crippen molar-refractivity contribution in [2.75, 3.05) is 18.7 Å². The van der Waals surface area contributed by atoms with Crippen LogP contribution in [0.1, 0.15) is 21.5 Å². The van der Waals surface area contributed by atoms with Crippen molar-refractivity contribution in [1.29, 1.82) is 0 Å². The van der Waals surface area contributed by atoms with E-state index in [2.05, 4.69) is 22.4 Å². The Morgan fingerprint density at radius 2 is 1.86 bits per heavy atom. The number of amides is 1. The normalized spacial score (nSPS) is 14.5. The first-order valence-electron chi connectivity index (χ1n) is 9.25. The van der Waals surface area contributed by atoms with Gasteiger partial charge >= 0.3 is 0 Å². The highest BCUT2D eigenvalue weighted by molar-refractivity contribution is 5.94. The predicted molar refractivity (Wildman–Crippen MR) is 105 cm³/mol. The van der Waals surface area contributed by atoms with E-state index in [0.717, 1.165) is 24.4 Å². The van der Waals surface area contributed by atoms with E-state index < -0.39 is 0 Å². The molecule has 1 N–H and O–H groups in total. The van der Waals surface area contributed by atoms with Crippen LogP contribution >= 0.6 is 0 Å². The lowest BCUT2D eigenvalue weighted by molar-refractivity contribution is 0.0734. The number of pyridine rings is 1. The largest absolute Gasteiger partial charge is 0.454 e. The van der Waals surface area contributed by atoms with Gasteiger partial charge in [0.05, 0.1) is 5.56 Å². The molecule has 0 fully saturated rings. The topological polar surface area (TPSA) is 63.7 Å². The number of hydrogen-bond donors (Lipinski definition) is 1. The molecule has 140 valence electrons. The molecule has 0 aliphatic carbocycles. The Bertz CT molecular complexity index is 1030. The summed E-state index contributed by atoms with van der Waals surface area (Å²) in [4.78, 5) is 19.1. The molecule has 1 amide bonds. The Balaban J connectivity index is 1.28. The molecule has 2 aliphatic heterocycles. The van der Waals surface area contributed by atoms with Crippen molar-refractivity contribution in [3.05, 3.63) is 77.5 Å². The number of hydrogen-bond acceptors (Lipinski definition) is 5. The molecule has 0 radical (unpaired) electrons. The van der Waals surface area contributed by atoms with Crippen LogP contribution in [0.2, 0.25) is 0 Å². The lowest BCUT2D eigenvalue weighted by atomic mass is 9.99. The minimum atomic E-state index is 0.0108. The summed E-state index contributed by atoms with van der Waals surface area (Å²) in [6.07, 6.45) is 2.51. The van der Waals surface area contributed by atoms with Crippen LogP contribution in [0.25, 0.3) is 0 Å². The van der Waals surface area contributed by atoms with E-state index in [1.54, 1.807) is 6.20 Å². The molecule has 0 saturated heterocycles. The van der Waals surface area contributed by atoms with Crippen molar-refractivity contribution in [2.24, 2.45) is 0 Å². The number of fused-ring (bicyclic) bond motifs is 2. The number of rotatable bonds is 3. The van der Waals surface area contributed by atoms with Gasteiger partial charge in [-0.25, -0.2) is 4.98 Å². The second kappa shape index (κ2) is 6.88. The van der Waals surface area contributed by atoms with Crippen LogP contribution in [0.3, 0.4) is 0 Å². The van der Waals surface area contributed by atoms with Gasteiger partial charge in [0.15, 0.2) is 11.5 Å². The van der Waals surface area contributed by atoms with Gasteiger partial charge < -0.3 is 19.7 Å². The zero-order valence-corrected chi connectivity index (χ0v) is 15.2. The predicted octanol–water partition coefficient (Wildman–Crippen LogP) is 3.75. The third-order valence-electron chi connectivity index (χ3n) is 5.07. The first kappa shape index (κ1) is 16.6. The molecule has 5 rings (SSSR count). The van der Waals surface area contributed by atoms with E-state index in [1.165, 1.54) is 11.1 Å². The molecular formula is C22H19N3O3. The molecule has 3 aromatic rings. The number of anilines is 2. The van der Waals surface area contributed by atoms with Gasteiger partial charge in [-0.3, -0.25) is 4.79 Å². The fraction of sp³-hybridized carbons (Fsp3) is 0.182. The Labute approximate surface area is 162 Å². The average molecular weight is 373 g/mol. The summed E-state index contributed by atoms with van der Waals surface area (Å²) in [6, 6.07) is 17.5. The van der Waals surface area contributed by atoms with Gasteiger partial charge in [-0.15, -0.1) is 0 Å². The number of nitrogens with one attached hydrogen (secondary N) is 1. The zero-order chi connectivity index (χ0) is 18.9. The maximum absolute atomic E-state index is 12.8. The van der Waals surface area contributed by atoms with Crippen molar-refractivity contribution >= 4 is 17.4 Å². The fourth-order valence-electron chi connectivity index (χ4n) is 3.57. The van der Waals surface area contributed by atoms with Gasteiger partial charge in [0, 0.05) is 31.0 Å². The van der Waals surface area contributed by atoms with Crippen molar-refractivity contribution in [3.63, 3.8) is 0 Å². The second-order valence-electron chi connectivity index (χ2n) is 6.87. The van der Waals surface area contributed by atoms with Crippen LogP contribution in [0.5, 0.6) is 11.5 Å². The number of ether oxygens (including phenoxy) is 2. The fourth-order valence-corrected chi connectivity index (χ4v) is 3.57. The Hall–Kier alpha value is -3.54. The Morgan fingerprint density at radius 1 is 1.00 bits per heavy atom. The number of nitrogens with zero attached hydrogens (tertiary/aromatic N) is 2. The van der Waals surface area contributed by atoms with Gasteiger partial charge in [0.25, 0.3) is 5.91 Å².